The number of anilines is 2. The Labute approximate surface area is 151 Å². The zero-order valence-corrected chi connectivity index (χ0v) is 14.6. The molecule has 0 saturated carbocycles. The minimum atomic E-state index is -0.204. The van der Waals surface area contributed by atoms with Crippen molar-refractivity contribution >= 4 is 17.4 Å². The van der Waals surface area contributed by atoms with Crippen LogP contribution in [0.15, 0.2) is 42.6 Å². The molecule has 0 unspecified atom stereocenters. The lowest BCUT2D eigenvalue weighted by Crippen LogP contribution is -2.19. The van der Waals surface area contributed by atoms with Gasteiger partial charge in [0.05, 0.1) is 11.3 Å². The molecule has 0 bridgehead atoms. The Morgan fingerprint density at radius 1 is 1.15 bits per heavy atom. The molecule has 1 aliphatic rings. The van der Waals surface area contributed by atoms with Gasteiger partial charge in [0.2, 0.25) is 0 Å². The summed E-state index contributed by atoms with van der Waals surface area (Å²) in [6.45, 7) is 3.90. The monoisotopic (exact) mass is 348 g/mol. The van der Waals surface area contributed by atoms with Crippen molar-refractivity contribution in [2.45, 2.75) is 19.8 Å². The summed E-state index contributed by atoms with van der Waals surface area (Å²) in [5.41, 5.74) is 1.96. The highest BCUT2D eigenvalue weighted by Gasteiger charge is 2.16. The maximum Gasteiger partial charge on any atom is 0.257 e. The Morgan fingerprint density at radius 3 is 2.65 bits per heavy atom. The van der Waals surface area contributed by atoms with Crippen LogP contribution >= 0.6 is 0 Å². The van der Waals surface area contributed by atoms with Gasteiger partial charge in [0.25, 0.3) is 5.91 Å². The van der Waals surface area contributed by atoms with E-state index in [1.165, 1.54) is 12.8 Å². The summed E-state index contributed by atoms with van der Waals surface area (Å²) in [6, 6.07) is 11.2. The Kier molecular flexibility index (Phi) is 4.35. The molecule has 3 heterocycles. The standard InChI is InChI=1S/C19H20N6O/c1-13-21-18(24-23-13)15-6-2-3-7-16(15)22-19(26)14-8-9-17(20-12-14)25-10-4-5-11-25/h2-3,6-9,12H,4-5,10-11H2,1H3,(H,22,26)(H,21,23,24). The van der Waals surface area contributed by atoms with Crippen LogP contribution in [0.4, 0.5) is 11.5 Å². The zero-order chi connectivity index (χ0) is 17.9. The van der Waals surface area contributed by atoms with Gasteiger partial charge in [-0.15, -0.1) is 0 Å². The van der Waals surface area contributed by atoms with E-state index in [9.17, 15) is 4.79 Å². The molecule has 1 aliphatic heterocycles. The van der Waals surface area contributed by atoms with Gasteiger partial charge >= 0.3 is 0 Å². The number of nitrogens with zero attached hydrogens (tertiary/aromatic N) is 4. The van der Waals surface area contributed by atoms with Crippen molar-refractivity contribution in [2.75, 3.05) is 23.3 Å². The van der Waals surface area contributed by atoms with Crippen LogP contribution in [0.5, 0.6) is 0 Å². The highest BCUT2D eigenvalue weighted by atomic mass is 16.1. The predicted octanol–water partition coefficient (Wildman–Crippen LogP) is 3.03. The molecule has 1 aromatic carbocycles. The molecule has 0 aliphatic carbocycles. The molecule has 1 saturated heterocycles. The van der Waals surface area contributed by atoms with Gasteiger partial charge in [-0.05, 0) is 44.0 Å². The van der Waals surface area contributed by atoms with Gasteiger partial charge in [-0.1, -0.05) is 12.1 Å². The second-order valence-electron chi connectivity index (χ2n) is 6.34. The van der Waals surface area contributed by atoms with E-state index in [1.54, 1.807) is 6.20 Å². The highest BCUT2D eigenvalue weighted by Crippen LogP contribution is 2.25. The van der Waals surface area contributed by atoms with Crippen molar-refractivity contribution in [3.63, 3.8) is 0 Å². The number of carbonyl (C=O) groups is 1. The normalized spacial score (nSPS) is 13.8. The first-order valence-electron chi connectivity index (χ1n) is 8.71. The first kappa shape index (κ1) is 16.3. The van der Waals surface area contributed by atoms with Crippen LogP contribution in [0.25, 0.3) is 11.4 Å². The van der Waals surface area contributed by atoms with Gasteiger partial charge < -0.3 is 10.2 Å². The summed E-state index contributed by atoms with van der Waals surface area (Å²) >= 11 is 0. The number of hydrogen-bond acceptors (Lipinski definition) is 5. The smallest absolute Gasteiger partial charge is 0.257 e. The van der Waals surface area contributed by atoms with Gasteiger partial charge in [0.1, 0.15) is 11.6 Å². The van der Waals surface area contributed by atoms with Gasteiger partial charge in [-0.3, -0.25) is 9.89 Å². The fraction of sp³-hybridized carbons (Fsp3) is 0.263. The van der Waals surface area contributed by atoms with Crippen LogP contribution in [-0.4, -0.2) is 39.2 Å². The second kappa shape index (κ2) is 6.95. The minimum absolute atomic E-state index is 0.204. The highest BCUT2D eigenvalue weighted by molar-refractivity contribution is 6.05. The summed E-state index contributed by atoms with van der Waals surface area (Å²) in [5.74, 6) is 2.00. The number of pyridine rings is 1. The number of aromatic nitrogens is 4. The number of hydrogen-bond donors (Lipinski definition) is 2. The van der Waals surface area contributed by atoms with Crippen LogP contribution in [0, 0.1) is 6.92 Å². The van der Waals surface area contributed by atoms with Gasteiger partial charge in [-0.2, -0.15) is 5.10 Å². The van der Waals surface area contributed by atoms with E-state index < -0.39 is 0 Å². The van der Waals surface area contributed by atoms with Gasteiger partial charge in [0, 0.05) is 24.8 Å². The molecule has 0 atom stereocenters. The number of aryl methyl sites for hydroxylation is 1. The molecule has 0 spiro atoms. The molecular weight excluding hydrogens is 328 g/mol. The molecule has 0 radical (unpaired) electrons. The van der Waals surface area contributed by atoms with E-state index in [1.807, 2.05) is 43.3 Å². The third-order valence-corrected chi connectivity index (χ3v) is 4.45. The lowest BCUT2D eigenvalue weighted by atomic mass is 10.1. The lowest BCUT2D eigenvalue weighted by molar-refractivity contribution is 0.102. The number of rotatable bonds is 4. The molecule has 2 N–H and O–H groups in total. The van der Waals surface area contributed by atoms with Crippen molar-refractivity contribution in [1.29, 1.82) is 0 Å². The fourth-order valence-corrected chi connectivity index (χ4v) is 3.10. The van der Waals surface area contributed by atoms with Gasteiger partial charge in [-0.25, -0.2) is 9.97 Å². The largest absolute Gasteiger partial charge is 0.357 e. The van der Waals surface area contributed by atoms with Crippen molar-refractivity contribution in [2.24, 2.45) is 0 Å². The summed E-state index contributed by atoms with van der Waals surface area (Å²) in [4.78, 5) is 23.6. The number of nitrogens with one attached hydrogen (secondary N) is 2. The van der Waals surface area contributed by atoms with E-state index in [2.05, 4.69) is 30.4 Å². The number of amides is 1. The summed E-state index contributed by atoms with van der Waals surface area (Å²) < 4.78 is 0. The predicted molar refractivity (Wildman–Crippen MR) is 100 cm³/mol. The van der Waals surface area contributed by atoms with Crippen molar-refractivity contribution in [3.8, 4) is 11.4 Å². The molecule has 7 nitrogen and oxygen atoms in total. The van der Waals surface area contributed by atoms with E-state index in [0.717, 1.165) is 30.3 Å². The summed E-state index contributed by atoms with van der Waals surface area (Å²) in [5, 5.41) is 9.94. The number of carbonyl (C=O) groups excluding carboxylic acids is 1. The summed E-state index contributed by atoms with van der Waals surface area (Å²) in [6.07, 6.45) is 4.02. The van der Waals surface area contributed by atoms with Crippen LogP contribution < -0.4 is 10.2 Å². The SMILES string of the molecule is Cc1nc(-c2ccccc2NC(=O)c2ccc(N3CCCC3)nc2)n[nH]1. The van der Waals surface area contributed by atoms with Crippen molar-refractivity contribution < 1.29 is 4.79 Å². The third-order valence-electron chi connectivity index (χ3n) is 4.45. The molecule has 3 aromatic rings. The lowest BCUT2D eigenvalue weighted by Gasteiger charge is -2.16. The number of benzene rings is 1. The van der Waals surface area contributed by atoms with Gasteiger partial charge in [0.15, 0.2) is 5.82 Å². The zero-order valence-electron chi connectivity index (χ0n) is 14.6. The molecule has 26 heavy (non-hydrogen) atoms. The minimum Gasteiger partial charge on any atom is -0.357 e. The number of aromatic amines is 1. The molecule has 7 heteroatoms. The van der Waals surface area contributed by atoms with Crippen LogP contribution in [-0.2, 0) is 0 Å². The molecule has 132 valence electrons. The van der Waals surface area contributed by atoms with Crippen LogP contribution in [0.2, 0.25) is 0 Å². The maximum absolute atomic E-state index is 12.6. The summed E-state index contributed by atoms with van der Waals surface area (Å²) in [7, 11) is 0. The third kappa shape index (κ3) is 3.28. The average Bonchev–Trinajstić information content (AvgIpc) is 3.34. The first-order chi connectivity index (χ1) is 12.7. The second-order valence-corrected chi connectivity index (χ2v) is 6.34. The topological polar surface area (TPSA) is 86.8 Å². The molecular formula is C19H20N6O. The van der Waals surface area contributed by atoms with E-state index in [4.69, 9.17) is 0 Å². The Hall–Kier alpha value is -3.22. The number of H-pyrrole nitrogens is 1. The molecule has 1 amide bonds. The molecule has 4 rings (SSSR count). The molecule has 2 aromatic heterocycles. The van der Waals surface area contributed by atoms with Crippen molar-refractivity contribution in [3.05, 3.63) is 54.0 Å². The van der Waals surface area contributed by atoms with Crippen LogP contribution in [0.3, 0.4) is 0 Å². The average molecular weight is 348 g/mol. The van der Waals surface area contributed by atoms with Crippen molar-refractivity contribution in [1.82, 2.24) is 20.2 Å². The Balaban J connectivity index is 1.53. The quantitative estimate of drug-likeness (QED) is 0.757. The Bertz CT molecular complexity index is 912. The van der Waals surface area contributed by atoms with E-state index in [-0.39, 0.29) is 5.91 Å². The fourth-order valence-electron chi connectivity index (χ4n) is 3.10. The van der Waals surface area contributed by atoms with E-state index in [0.29, 0.717) is 17.1 Å². The Morgan fingerprint density at radius 2 is 1.96 bits per heavy atom. The maximum atomic E-state index is 12.6. The molecule has 1 fully saturated rings. The first-order valence-corrected chi connectivity index (χ1v) is 8.71. The van der Waals surface area contributed by atoms with E-state index >= 15 is 0 Å². The number of para-hydroxylation sites is 1. The van der Waals surface area contributed by atoms with Crippen LogP contribution in [0.1, 0.15) is 29.0 Å².